The maximum absolute atomic E-state index is 9.83. The summed E-state index contributed by atoms with van der Waals surface area (Å²) in [4.78, 5) is 0. The molecule has 2 heteroatoms. The van der Waals surface area contributed by atoms with E-state index < -0.39 is 6.10 Å². The lowest BCUT2D eigenvalue weighted by molar-refractivity contribution is 0.142. The van der Waals surface area contributed by atoms with Crippen LogP contribution in [0.4, 0.5) is 0 Å². The van der Waals surface area contributed by atoms with E-state index in [-0.39, 0.29) is 0 Å². The van der Waals surface area contributed by atoms with Gasteiger partial charge in [0.2, 0.25) is 0 Å². The Kier molecular flexibility index (Phi) is 3.30. The van der Waals surface area contributed by atoms with Crippen LogP contribution >= 0.6 is 22.6 Å². The van der Waals surface area contributed by atoms with Gasteiger partial charge in [0.25, 0.3) is 0 Å². The lowest BCUT2D eigenvalue weighted by Crippen LogP contribution is -1.89. The van der Waals surface area contributed by atoms with E-state index in [0.29, 0.717) is 0 Å². The van der Waals surface area contributed by atoms with Crippen molar-refractivity contribution in [1.29, 1.82) is 0 Å². The zero-order chi connectivity index (χ0) is 4.28. The largest absolute Gasteiger partial charge is 0.232 e. The van der Waals surface area contributed by atoms with Gasteiger partial charge < -0.3 is 0 Å². The first-order chi connectivity index (χ1) is 2.27. The summed E-state index contributed by atoms with van der Waals surface area (Å²) in [6.07, 6.45) is -0.504. The summed E-state index contributed by atoms with van der Waals surface area (Å²) in [6.45, 7) is 1.60. The first-order valence-corrected chi connectivity index (χ1v) is 2.61. The molecular formula is C3H5IO. The van der Waals surface area contributed by atoms with Gasteiger partial charge in [-0.05, 0) is 6.92 Å². The molecule has 0 amide bonds. The SMILES string of the molecule is CC([O])[CH]I. The molecule has 0 spiro atoms. The number of hydrogen-bond acceptors (Lipinski definition) is 0. The van der Waals surface area contributed by atoms with Crippen molar-refractivity contribution >= 4 is 22.6 Å². The summed E-state index contributed by atoms with van der Waals surface area (Å²) >= 11 is 1.94. The highest BCUT2D eigenvalue weighted by atomic mass is 127. The predicted molar refractivity (Wildman–Crippen MR) is 28.5 cm³/mol. The molecule has 1 unspecified atom stereocenters. The molecule has 0 aliphatic heterocycles. The van der Waals surface area contributed by atoms with Crippen LogP contribution in [0, 0.1) is 4.43 Å². The first-order valence-electron chi connectivity index (χ1n) is 1.36. The predicted octanol–water partition coefficient (Wildman–Crippen LogP) is 1.40. The molecule has 0 aromatic heterocycles. The smallest absolute Gasteiger partial charge is 0.103 e. The molecule has 0 saturated carbocycles. The summed E-state index contributed by atoms with van der Waals surface area (Å²) in [5.74, 6) is 0. The zero-order valence-electron chi connectivity index (χ0n) is 2.94. The lowest BCUT2D eigenvalue weighted by Gasteiger charge is -1.83. The highest BCUT2D eigenvalue weighted by Gasteiger charge is 1.87. The minimum Gasteiger partial charge on any atom is -0.232 e. The quantitative estimate of drug-likeness (QED) is 0.549. The molecule has 1 atom stereocenters. The van der Waals surface area contributed by atoms with Crippen LogP contribution in [0.15, 0.2) is 0 Å². The maximum Gasteiger partial charge on any atom is 0.103 e. The lowest BCUT2D eigenvalue weighted by atomic mass is 10.5. The third-order valence-corrected chi connectivity index (χ3v) is 1.19. The van der Waals surface area contributed by atoms with Crippen LogP contribution in [0.25, 0.3) is 0 Å². The summed E-state index contributed by atoms with van der Waals surface area (Å²) < 4.78 is 1.58. The summed E-state index contributed by atoms with van der Waals surface area (Å²) in [7, 11) is 0. The molecule has 0 aromatic carbocycles. The first kappa shape index (κ1) is 5.69. The van der Waals surface area contributed by atoms with E-state index in [0.717, 1.165) is 0 Å². The van der Waals surface area contributed by atoms with Crippen molar-refractivity contribution in [2.45, 2.75) is 13.0 Å². The summed E-state index contributed by atoms with van der Waals surface area (Å²) in [5.41, 5.74) is 0. The number of halogens is 1. The molecule has 30 valence electrons. The highest BCUT2D eigenvalue weighted by molar-refractivity contribution is 14.1. The Labute approximate surface area is 45.5 Å². The van der Waals surface area contributed by atoms with Crippen molar-refractivity contribution in [2.75, 3.05) is 0 Å². The van der Waals surface area contributed by atoms with Crippen molar-refractivity contribution in [3.63, 3.8) is 0 Å². The Balaban J connectivity index is 2.54. The molecule has 0 rings (SSSR count). The van der Waals surface area contributed by atoms with Crippen LogP contribution < -0.4 is 0 Å². The van der Waals surface area contributed by atoms with Gasteiger partial charge >= 0.3 is 0 Å². The van der Waals surface area contributed by atoms with Crippen LogP contribution in [0.3, 0.4) is 0 Å². The second-order valence-corrected chi connectivity index (χ2v) is 1.55. The normalized spacial score (nSPS) is 15.0. The summed E-state index contributed by atoms with van der Waals surface area (Å²) in [5, 5.41) is 9.83. The monoisotopic (exact) mass is 184 g/mol. The van der Waals surface area contributed by atoms with E-state index in [9.17, 15) is 5.11 Å². The standard InChI is InChI=1S/C3H5IO/c1-3(5)2-4/h2-3H,1H3. The molecule has 0 bridgehead atoms. The van der Waals surface area contributed by atoms with E-state index in [4.69, 9.17) is 0 Å². The minimum atomic E-state index is -0.504. The van der Waals surface area contributed by atoms with Crippen molar-refractivity contribution in [3.05, 3.63) is 4.43 Å². The fourth-order valence-electron chi connectivity index (χ4n) is 0. The van der Waals surface area contributed by atoms with Crippen molar-refractivity contribution in [3.8, 4) is 0 Å². The second kappa shape index (κ2) is 2.90. The van der Waals surface area contributed by atoms with Gasteiger partial charge in [-0.1, -0.05) is 22.6 Å². The molecule has 0 heterocycles. The highest BCUT2D eigenvalue weighted by Crippen LogP contribution is 1.94. The fraction of sp³-hybridized carbons (Fsp3) is 0.667. The third-order valence-electron chi connectivity index (χ3n) is 0.177. The van der Waals surface area contributed by atoms with Crippen LogP contribution in [0.1, 0.15) is 6.92 Å². The maximum atomic E-state index is 9.83. The number of hydrogen-bond donors (Lipinski definition) is 0. The van der Waals surface area contributed by atoms with Gasteiger partial charge in [0.15, 0.2) is 0 Å². The van der Waals surface area contributed by atoms with Gasteiger partial charge in [-0.2, -0.15) is 0 Å². The second-order valence-electron chi connectivity index (χ2n) is 0.831. The average Bonchev–Trinajstić information content (AvgIpc) is 1.38. The molecule has 0 saturated heterocycles. The molecule has 1 nitrogen and oxygen atoms in total. The molecule has 0 aromatic rings. The molecule has 0 fully saturated rings. The Morgan fingerprint density at radius 1 is 2.00 bits per heavy atom. The van der Waals surface area contributed by atoms with Crippen molar-refractivity contribution in [1.82, 2.24) is 0 Å². The number of rotatable bonds is 1. The molecule has 0 aliphatic carbocycles. The van der Waals surface area contributed by atoms with Gasteiger partial charge in [-0.3, -0.25) is 0 Å². The van der Waals surface area contributed by atoms with Gasteiger partial charge in [0.1, 0.15) is 6.10 Å². The topological polar surface area (TPSA) is 19.9 Å². The third kappa shape index (κ3) is 4.69. The van der Waals surface area contributed by atoms with Gasteiger partial charge in [0, 0.05) is 0 Å². The fourth-order valence-corrected chi connectivity index (χ4v) is 0. The molecular weight excluding hydrogens is 179 g/mol. The Bertz CT molecular complexity index is 20.9. The molecule has 0 N–H and O–H groups in total. The molecule has 2 radical (unpaired) electrons. The van der Waals surface area contributed by atoms with E-state index in [1.54, 1.807) is 11.4 Å². The van der Waals surface area contributed by atoms with Gasteiger partial charge in [-0.25, -0.2) is 5.11 Å². The van der Waals surface area contributed by atoms with Crippen LogP contribution in [-0.2, 0) is 5.11 Å². The van der Waals surface area contributed by atoms with Crippen LogP contribution in [-0.4, -0.2) is 6.10 Å². The Morgan fingerprint density at radius 2 is 2.20 bits per heavy atom. The van der Waals surface area contributed by atoms with Crippen molar-refractivity contribution < 1.29 is 5.11 Å². The summed E-state index contributed by atoms with van der Waals surface area (Å²) in [6, 6.07) is 0. The van der Waals surface area contributed by atoms with E-state index >= 15 is 0 Å². The van der Waals surface area contributed by atoms with E-state index in [2.05, 4.69) is 0 Å². The van der Waals surface area contributed by atoms with Gasteiger partial charge in [0.05, 0.1) is 4.43 Å². The molecule has 5 heavy (non-hydrogen) atoms. The molecule has 0 aliphatic rings. The van der Waals surface area contributed by atoms with E-state index in [1.165, 1.54) is 0 Å². The van der Waals surface area contributed by atoms with Crippen molar-refractivity contribution in [2.24, 2.45) is 0 Å². The average molecular weight is 184 g/mol. The Hall–Kier alpha value is 0.690. The minimum absolute atomic E-state index is 0.504. The Morgan fingerprint density at radius 3 is 2.20 bits per heavy atom. The van der Waals surface area contributed by atoms with Gasteiger partial charge in [-0.15, -0.1) is 0 Å². The van der Waals surface area contributed by atoms with E-state index in [1.807, 2.05) is 22.6 Å². The van der Waals surface area contributed by atoms with Crippen LogP contribution in [0.5, 0.6) is 0 Å². The zero-order valence-corrected chi connectivity index (χ0v) is 5.10. The van der Waals surface area contributed by atoms with Crippen LogP contribution in [0.2, 0.25) is 0 Å².